The Morgan fingerprint density at radius 3 is 2.65 bits per heavy atom. The van der Waals surface area contributed by atoms with Gasteiger partial charge in [0.15, 0.2) is 0 Å². The van der Waals surface area contributed by atoms with Gasteiger partial charge in [0.05, 0.1) is 12.1 Å². The lowest BCUT2D eigenvalue weighted by atomic mass is 10.0. The van der Waals surface area contributed by atoms with Crippen LogP contribution in [0.4, 0.5) is 0 Å². The van der Waals surface area contributed by atoms with Crippen LogP contribution in [0, 0.1) is 0 Å². The highest BCUT2D eigenvalue weighted by Crippen LogP contribution is 2.08. The lowest BCUT2D eigenvalue weighted by Gasteiger charge is -2.11. The quantitative estimate of drug-likeness (QED) is 0.672. The van der Waals surface area contributed by atoms with E-state index in [4.69, 9.17) is 5.11 Å². The van der Waals surface area contributed by atoms with Gasteiger partial charge in [0.2, 0.25) is 5.91 Å². The highest BCUT2D eigenvalue weighted by molar-refractivity contribution is 5.89. The van der Waals surface area contributed by atoms with E-state index < -0.39 is 5.97 Å². The first-order valence-electron chi connectivity index (χ1n) is 6.85. The highest BCUT2D eigenvalue weighted by atomic mass is 16.4. The van der Waals surface area contributed by atoms with Crippen LogP contribution in [0.5, 0.6) is 0 Å². The summed E-state index contributed by atoms with van der Waals surface area (Å²) in [5, 5.41) is 14.9. The van der Waals surface area contributed by atoms with Gasteiger partial charge >= 0.3 is 5.97 Å². The molecule has 1 atom stereocenters. The molecule has 0 aliphatic carbocycles. The van der Waals surface area contributed by atoms with Crippen molar-refractivity contribution in [3.05, 3.63) is 35.4 Å². The number of rotatable bonds is 8. The number of benzene rings is 1. The van der Waals surface area contributed by atoms with Crippen LogP contribution >= 0.6 is 0 Å². The van der Waals surface area contributed by atoms with Crippen LogP contribution in [0.1, 0.15) is 36.2 Å². The molecular weight excluding hydrogens is 256 g/mol. The van der Waals surface area contributed by atoms with E-state index in [1.54, 1.807) is 24.3 Å². The zero-order chi connectivity index (χ0) is 15.0. The molecule has 0 bridgehead atoms. The number of aromatic carboxylic acids is 1. The first-order valence-corrected chi connectivity index (χ1v) is 6.85. The molecule has 0 saturated heterocycles. The monoisotopic (exact) mass is 278 g/mol. The molecule has 0 radical (unpaired) electrons. The zero-order valence-electron chi connectivity index (χ0n) is 12.0. The van der Waals surface area contributed by atoms with Crippen LogP contribution in [-0.4, -0.2) is 36.1 Å². The number of hydrogen-bond donors (Lipinski definition) is 3. The molecule has 0 aromatic heterocycles. The first-order chi connectivity index (χ1) is 9.54. The normalized spacial score (nSPS) is 11.9. The Bertz CT molecular complexity index is 460. The van der Waals surface area contributed by atoms with Crippen LogP contribution in [0.3, 0.4) is 0 Å². The minimum absolute atomic E-state index is 0.0712. The fourth-order valence-electron chi connectivity index (χ4n) is 1.76. The third-order valence-corrected chi connectivity index (χ3v) is 3.19. The van der Waals surface area contributed by atoms with E-state index in [0.29, 0.717) is 24.6 Å². The van der Waals surface area contributed by atoms with Crippen molar-refractivity contribution in [2.24, 2.45) is 0 Å². The molecule has 0 aliphatic heterocycles. The molecule has 5 heteroatoms. The fourth-order valence-corrected chi connectivity index (χ4v) is 1.76. The van der Waals surface area contributed by atoms with Crippen molar-refractivity contribution in [3.8, 4) is 0 Å². The predicted molar refractivity (Wildman–Crippen MR) is 77.9 cm³/mol. The van der Waals surface area contributed by atoms with Crippen LogP contribution in [0.2, 0.25) is 0 Å². The van der Waals surface area contributed by atoms with E-state index in [-0.39, 0.29) is 12.5 Å². The molecule has 3 N–H and O–H groups in total. The third-order valence-electron chi connectivity index (χ3n) is 3.19. The Kier molecular flexibility index (Phi) is 6.73. The topological polar surface area (TPSA) is 78.4 Å². The van der Waals surface area contributed by atoms with Crippen molar-refractivity contribution in [1.29, 1.82) is 0 Å². The Morgan fingerprint density at radius 2 is 2.00 bits per heavy atom. The lowest BCUT2D eigenvalue weighted by Crippen LogP contribution is -2.38. The largest absolute Gasteiger partial charge is 0.478 e. The molecule has 1 aromatic carbocycles. The molecule has 1 amide bonds. The molecule has 1 rings (SSSR count). The summed E-state index contributed by atoms with van der Waals surface area (Å²) in [6, 6.07) is 7.15. The van der Waals surface area contributed by atoms with Crippen molar-refractivity contribution >= 4 is 11.9 Å². The molecule has 0 fully saturated rings. The average molecular weight is 278 g/mol. The van der Waals surface area contributed by atoms with Gasteiger partial charge in [-0.2, -0.15) is 0 Å². The Hall–Kier alpha value is -1.88. The predicted octanol–water partition coefficient (Wildman–Crippen LogP) is 1.43. The zero-order valence-corrected chi connectivity index (χ0v) is 12.0. The summed E-state index contributed by atoms with van der Waals surface area (Å²) in [6.45, 7) is 4.80. The van der Waals surface area contributed by atoms with Crippen LogP contribution in [0.25, 0.3) is 0 Å². The number of carboxylic acid groups (broad SMARTS) is 1. The smallest absolute Gasteiger partial charge is 0.335 e. The Morgan fingerprint density at radius 1 is 1.30 bits per heavy atom. The fraction of sp³-hybridized carbons (Fsp3) is 0.467. The SMILES string of the molecule is CCC(C)NCC(=O)NCCc1ccccc1C(=O)O. The molecule has 1 unspecified atom stereocenters. The minimum atomic E-state index is -0.939. The van der Waals surface area contributed by atoms with Crippen molar-refractivity contribution in [3.63, 3.8) is 0 Å². The maximum absolute atomic E-state index is 11.6. The molecule has 0 saturated carbocycles. The second kappa shape index (κ2) is 8.32. The van der Waals surface area contributed by atoms with Crippen molar-refractivity contribution in [1.82, 2.24) is 10.6 Å². The standard InChI is InChI=1S/C15H22N2O3/c1-3-11(2)17-10-14(18)16-9-8-12-6-4-5-7-13(12)15(19)20/h4-7,11,17H,3,8-10H2,1-2H3,(H,16,18)(H,19,20). The summed E-state index contributed by atoms with van der Waals surface area (Å²) in [7, 11) is 0. The van der Waals surface area contributed by atoms with Gasteiger partial charge in [-0.1, -0.05) is 25.1 Å². The number of nitrogens with one attached hydrogen (secondary N) is 2. The van der Waals surface area contributed by atoms with Gasteiger partial charge in [-0.05, 0) is 31.4 Å². The van der Waals surface area contributed by atoms with Gasteiger partial charge in [0, 0.05) is 12.6 Å². The summed E-state index contributed by atoms with van der Waals surface area (Å²) in [5.74, 6) is -1.01. The van der Waals surface area contributed by atoms with Gasteiger partial charge in [0.25, 0.3) is 0 Å². The van der Waals surface area contributed by atoms with Gasteiger partial charge in [0.1, 0.15) is 0 Å². The molecule has 0 aliphatic rings. The summed E-state index contributed by atoms with van der Waals surface area (Å²) < 4.78 is 0. The van der Waals surface area contributed by atoms with E-state index in [1.807, 2.05) is 6.92 Å². The second-order valence-corrected chi connectivity index (χ2v) is 4.75. The maximum Gasteiger partial charge on any atom is 0.335 e. The van der Waals surface area contributed by atoms with Crippen LogP contribution in [-0.2, 0) is 11.2 Å². The van der Waals surface area contributed by atoms with Gasteiger partial charge < -0.3 is 15.7 Å². The number of carbonyl (C=O) groups is 2. The number of carbonyl (C=O) groups excluding carboxylic acids is 1. The van der Waals surface area contributed by atoms with E-state index >= 15 is 0 Å². The van der Waals surface area contributed by atoms with Crippen molar-refractivity contribution in [2.75, 3.05) is 13.1 Å². The Labute approximate surface area is 119 Å². The number of carboxylic acids is 1. The molecule has 1 aromatic rings. The van der Waals surface area contributed by atoms with Gasteiger partial charge in [-0.3, -0.25) is 4.79 Å². The van der Waals surface area contributed by atoms with E-state index in [9.17, 15) is 9.59 Å². The van der Waals surface area contributed by atoms with Crippen LogP contribution < -0.4 is 10.6 Å². The Balaban J connectivity index is 2.37. The van der Waals surface area contributed by atoms with E-state index in [0.717, 1.165) is 12.0 Å². The van der Waals surface area contributed by atoms with Crippen molar-refractivity contribution < 1.29 is 14.7 Å². The average Bonchev–Trinajstić information content (AvgIpc) is 2.45. The number of amides is 1. The number of hydrogen-bond acceptors (Lipinski definition) is 3. The molecular formula is C15H22N2O3. The summed E-state index contributed by atoms with van der Waals surface area (Å²) in [4.78, 5) is 22.6. The van der Waals surface area contributed by atoms with Crippen LogP contribution in [0.15, 0.2) is 24.3 Å². The highest BCUT2D eigenvalue weighted by Gasteiger charge is 2.09. The van der Waals surface area contributed by atoms with Gasteiger partial charge in [-0.15, -0.1) is 0 Å². The first kappa shape index (κ1) is 16.2. The van der Waals surface area contributed by atoms with E-state index in [1.165, 1.54) is 0 Å². The molecule has 20 heavy (non-hydrogen) atoms. The lowest BCUT2D eigenvalue weighted by molar-refractivity contribution is -0.120. The molecule has 5 nitrogen and oxygen atoms in total. The summed E-state index contributed by atoms with van der Waals surface area (Å²) in [6.07, 6.45) is 1.48. The molecule has 110 valence electrons. The second-order valence-electron chi connectivity index (χ2n) is 4.75. The van der Waals surface area contributed by atoms with Crippen molar-refractivity contribution in [2.45, 2.75) is 32.7 Å². The minimum Gasteiger partial charge on any atom is -0.478 e. The molecule has 0 spiro atoms. The molecule has 0 heterocycles. The van der Waals surface area contributed by atoms with Gasteiger partial charge in [-0.25, -0.2) is 4.79 Å². The van der Waals surface area contributed by atoms with E-state index in [2.05, 4.69) is 17.6 Å². The third kappa shape index (κ3) is 5.40. The summed E-state index contributed by atoms with van der Waals surface area (Å²) >= 11 is 0. The maximum atomic E-state index is 11.6. The summed E-state index contributed by atoms with van der Waals surface area (Å²) in [5.41, 5.74) is 1.02.